The number of hydrogen-bond acceptors (Lipinski definition) is 4. The monoisotopic (exact) mass is 402 g/mol. The molecular formula is C18H15BrN2O2S. The number of hydrogen-bond donors (Lipinski definition) is 1. The minimum atomic E-state index is -0.135. The number of amides is 1. The fraction of sp³-hybridized carbons (Fsp3) is 0.111. The number of carbonyl (C=O) groups excluding carboxylic acids is 1. The van der Waals surface area contributed by atoms with Gasteiger partial charge in [-0.05, 0) is 66.7 Å². The molecular weight excluding hydrogens is 388 g/mol. The zero-order chi connectivity index (χ0) is 16.9. The van der Waals surface area contributed by atoms with Crippen molar-refractivity contribution >= 4 is 50.5 Å². The van der Waals surface area contributed by atoms with Crippen molar-refractivity contribution in [2.24, 2.45) is 4.99 Å². The van der Waals surface area contributed by atoms with Gasteiger partial charge in [0.15, 0.2) is 5.17 Å². The van der Waals surface area contributed by atoms with Crippen molar-refractivity contribution in [3.8, 4) is 5.75 Å². The lowest BCUT2D eigenvalue weighted by Gasteiger charge is -2.02. The Balaban J connectivity index is 1.76. The van der Waals surface area contributed by atoms with Gasteiger partial charge in [-0.25, -0.2) is 4.99 Å². The van der Waals surface area contributed by atoms with E-state index < -0.39 is 0 Å². The molecule has 24 heavy (non-hydrogen) atoms. The number of benzene rings is 2. The number of ether oxygens (including phenoxy) is 1. The van der Waals surface area contributed by atoms with Crippen molar-refractivity contribution in [3.63, 3.8) is 0 Å². The molecule has 0 aliphatic carbocycles. The third-order valence-electron chi connectivity index (χ3n) is 3.18. The van der Waals surface area contributed by atoms with Crippen LogP contribution in [-0.2, 0) is 4.79 Å². The van der Waals surface area contributed by atoms with E-state index in [0.717, 1.165) is 21.5 Å². The molecule has 2 aromatic carbocycles. The van der Waals surface area contributed by atoms with Crippen LogP contribution in [0.15, 0.2) is 62.9 Å². The average Bonchev–Trinajstić information content (AvgIpc) is 2.89. The summed E-state index contributed by atoms with van der Waals surface area (Å²) in [5.74, 6) is 0.671. The third-order valence-corrected chi connectivity index (χ3v) is 4.58. The van der Waals surface area contributed by atoms with Crippen LogP contribution in [0.4, 0.5) is 5.69 Å². The lowest BCUT2D eigenvalue weighted by Crippen LogP contribution is -2.19. The van der Waals surface area contributed by atoms with Gasteiger partial charge in [-0.15, -0.1) is 0 Å². The average molecular weight is 403 g/mol. The van der Waals surface area contributed by atoms with Gasteiger partial charge in [0, 0.05) is 4.47 Å². The molecule has 0 aromatic heterocycles. The molecule has 1 aliphatic rings. The Labute approximate surface area is 153 Å². The van der Waals surface area contributed by atoms with Crippen molar-refractivity contribution < 1.29 is 9.53 Å². The summed E-state index contributed by atoms with van der Waals surface area (Å²) in [5, 5.41) is 3.36. The molecule has 4 nitrogen and oxygen atoms in total. The quantitative estimate of drug-likeness (QED) is 0.751. The molecule has 0 saturated carbocycles. The highest BCUT2D eigenvalue weighted by Gasteiger charge is 2.23. The topological polar surface area (TPSA) is 50.7 Å². The number of rotatable bonds is 4. The van der Waals surface area contributed by atoms with E-state index in [-0.39, 0.29) is 5.91 Å². The number of nitrogens with one attached hydrogen (secondary N) is 1. The van der Waals surface area contributed by atoms with Crippen LogP contribution >= 0.6 is 27.7 Å². The Bertz CT molecular complexity index is 816. The predicted molar refractivity (Wildman–Crippen MR) is 103 cm³/mol. The molecule has 0 atom stereocenters. The van der Waals surface area contributed by atoms with E-state index in [2.05, 4.69) is 26.2 Å². The Kier molecular flexibility index (Phi) is 5.37. The van der Waals surface area contributed by atoms with E-state index in [1.165, 1.54) is 11.8 Å². The van der Waals surface area contributed by atoms with Gasteiger partial charge < -0.3 is 10.1 Å². The first-order chi connectivity index (χ1) is 11.6. The molecule has 6 heteroatoms. The number of nitrogens with zero attached hydrogens (tertiary/aromatic N) is 1. The van der Waals surface area contributed by atoms with Gasteiger partial charge in [-0.3, -0.25) is 4.79 Å². The van der Waals surface area contributed by atoms with Gasteiger partial charge in [-0.1, -0.05) is 28.1 Å². The smallest absolute Gasteiger partial charge is 0.264 e. The molecule has 0 bridgehead atoms. The summed E-state index contributed by atoms with van der Waals surface area (Å²) < 4.78 is 6.38. The number of halogens is 1. The van der Waals surface area contributed by atoms with Crippen LogP contribution < -0.4 is 10.1 Å². The minimum Gasteiger partial charge on any atom is -0.494 e. The zero-order valence-corrected chi connectivity index (χ0v) is 15.4. The van der Waals surface area contributed by atoms with Crippen molar-refractivity contribution in [2.75, 3.05) is 6.61 Å². The van der Waals surface area contributed by atoms with E-state index >= 15 is 0 Å². The normalized spacial score (nSPS) is 17.3. The summed E-state index contributed by atoms with van der Waals surface area (Å²) in [6, 6.07) is 15.2. The summed E-state index contributed by atoms with van der Waals surface area (Å²) in [6.45, 7) is 2.57. The van der Waals surface area contributed by atoms with Crippen LogP contribution in [0, 0.1) is 0 Å². The van der Waals surface area contributed by atoms with Crippen LogP contribution in [0.2, 0.25) is 0 Å². The molecule has 122 valence electrons. The van der Waals surface area contributed by atoms with E-state index in [0.29, 0.717) is 16.7 Å². The number of aliphatic imine (C=N–C) groups is 1. The third kappa shape index (κ3) is 4.27. The van der Waals surface area contributed by atoms with Gasteiger partial charge in [0.05, 0.1) is 17.2 Å². The lowest BCUT2D eigenvalue weighted by molar-refractivity contribution is -0.115. The minimum absolute atomic E-state index is 0.135. The summed E-state index contributed by atoms with van der Waals surface area (Å²) in [5.41, 5.74) is 1.73. The first-order valence-corrected chi connectivity index (χ1v) is 9.03. The Morgan fingerprint density at radius 3 is 2.75 bits per heavy atom. The van der Waals surface area contributed by atoms with E-state index in [4.69, 9.17) is 4.74 Å². The molecule has 1 saturated heterocycles. The maximum Gasteiger partial charge on any atom is 0.264 e. The number of amidine groups is 1. The Morgan fingerprint density at radius 2 is 2.04 bits per heavy atom. The molecule has 1 fully saturated rings. The van der Waals surface area contributed by atoms with Crippen LogP contribution in [0.1, 0.15) is 12.5 Å². The second kappa shape index (κ2) is 7.68. The Hall–Kier alpha value is -2.05. The van der Waals surface area contributed by atoms with E-state index in [1.807, 2.05) is 61.5 Å². The standard InChI is InChI=1S/C18H15BrN2O2S/c1-2-23-15-8-6-14(7-9-15)20-18-21-17(22)16(24-18)11-12-4-3-5-13(19)10-12/h3-11H,2H2,1H3,(H,20,21,22)/b16-11-. The van der Waals surface area contributed by atoms with Crippen molar-refractivity contribution in [1.29, 1.82) is 0 Å². The number of carbonyl (C=O) groups is 1. The molecule has 0 radical (unpaired) electrons. The largest absolute Gasteiger partial charge is 0.494 e. The predicted octanol–water partition coefficient (Wildman–Crippen LogP) is 4.74. The second-order valence-corrected chi connectivity index (χ2v) is 6.91. The molecule has 3 rings (SSSR count). The SMILES string of the molecule is CCOc1ccc(N=C2NC(=O)/C(=C/c3cccc(Br)c3)S2)cc1. The van der Waals surface area contributed by atoms with Crippen molar-refractivity contribution in [1.82, 2.24) is 5.32 Å². The molecule has 0 unspecified atom stereocenters. The molecule has 1 N–H and O–H groups in total. The second-order valence-electron chi connectivity index (χ2n) is 4.96. The van der Waals surface area contributed by atoms with Crippen molar-refractivity contribution in [3.05, 3.63) is 63.5 Å². The summed E-state index contributed by atoms with van der Waals surface area (Å²) in [4.78, 5) is 17.2. The molecule has 2 aromatic rings. The maximum atomic E-state index is 12.1. The summed E-state index contributed by atoms with van der Waals surface area (Å²) >= 11 is 4.76. The highest BCUT2D eigenvalue weighted by atomic mass is 79.9. The van der Waals surface area contributed by atoms with Gasteiger partial charge in [-0.2, -0.15) is 0 Å². The summed E-state index contributed by atoms with van der Waals surface area (Å²) in [6.07, 6.45) is 1.85. The lowest BCUT2D eigenvalue weighted by atomic mass is 10.2. The molecule has 1 amide bonds. The highest BCUT2D eigenvalue weighted by Crippen LogP contribution is 2.29. The van der Waals surface area contributed by atoms with Crippen LogP contribution in [0.25, 0.3) is 6.08 Å². The van der Waals surface area contributed by atoms with E-state index in [1.54, 1.807) is 0 Å². The van der Waals surface area contributed by atoms with Crippen LogP contribution in [0.3, 0.4) is 0 Å². The van der Waals surface area contributed by atoms with E-state index in [9.17, 15) is 4.79 Å². The van der Waals surface area contributed by atoms with Gasteiger partial charge in [0.2, 0.25) is 0 Å². The van der Waals surface area contributed by atoms with Gasteiger partial charge >= 0.3 is 0 Å². The van der Waals surface area contributed by atoms with Gasteiger partial charge in [0.1, 0.15) is 5.75 Å². The fourth-order valence-electron chi connectivity index (χ4n) is 2.13. The first kappa shape index (κ1) is 16.8. The fourth-order valence-corrected chi connectivity index (χ4v) is 3.39. The molecule has 0 spiro atoms. The van der Waals surface area contributed by atoms with Crippen LogP contribution in [0.5, 0.6) is 5.75 Å². The Morgan fingerprint density at radius 1 is 1.25 bits per heavy atom. The highest BCUT2D eigenvalue weighted by molar-refractivity contribution is 9.10. The van der Waals surface area contributed by atoms with Crippen LogP contribution in [-0.4, -0.2) is 17.7 Å². The summed E-state index contributed by atoms with van der Waals surface area (Å²) in [7, 11) is 0. The first-order valence-electron chi connectivity index (χ1n) is 7.42. The maximum absolute atomic E-state index is 12.1. The number of thioether (sulfide) groups is 1. The molecule has 1 aliphatic heterocycles. The zero-order valence-electron chi connectivity index (χ0n) is 13.0. The molecule has 1 heterocycles. The van der Waals surface area contributed by atoms with Crippen molar-refractivity contribution in [2.45, 2.75) is 6.92 Å². The van der Waals surface area contributed by atoms with Gasteiger partial charge in [0.25, 0.3) is 5.91 Å².